The van der Waals surface area contributed by atoms with Gasteiger partial charge in [-0.25, -0.2) is 4.79 Å². The highest BCUT2D eigenvalue weighted by Gasteiger charge is 2.67. The Balaban J connectivity index is 0.000000131. The molecule has 103 heavy (non-hydrogen) atoms. The second kappa shape index (κ2) is 29.5. The predicted molar refractivity (Wildman–Crippen MR) is 388 cm³/mol. The van der Waals surface area contributed by atoms with E-state index in [2.05, 4.69) is 27.7 Å². The molecule has 12 unspecified atom stereocenters. The molecule has 18 rings (SSSR count). The molecule has 14 aliphatic carbocycles. The number of ether oxygens (including phenoxy) is 10. The van der Waals surface area contributed by atoms with E-state index in [-0.39, 0.29) is 104 Å². The van der Waals surface area contributed by atoms with E-state index in [0.29, 0.717) is 74.2 Å². The first-order valence-corrected chi connectivity index (χ1v) is 41.4. The van der Waals surface area contributed by atoms with Crippen LogP contribution in [0, 0.1) is 68.5 Å². The van der Waals surface area contributed by atoms with Gasteiger partial charge in [0, 0.05) is 25.7 Å². The number of fused-ring (bicyclic) bond motifs is 1. The Morgan fingerprint density at radius 3 is 1.11 bits per heavy atom. The zero-order chi connectivity index (χ0) is 75.0. The third-order valence-corrected chi connectivity index (χ3v) is 29.3. The van der Waals surface area contributed by atoms with Crippen molar-refractivity contribution in [1.82, 2.24) is 0 Å². The van der Waals surface area contributed by atoms with E-state index >= 15 is 0 Å². The fraction of sp³-hybridized carbons (Fsp3) is 0.918. The zero-order valence-corrected chi connectivity index (χ0v) is 66.8. The third-order valence-electron chi connectivity index (χ3n) is 29.3. The predicted octanol–water partition coefficient (Wildman–Crippen LogP) is 17.0. The average molecular weight is 1450 g/mol. The largest absolute Gasteiger partial charge is 0.463 e. The highest BCUT2D eigenvalue weighted by Crippen LogP contribution is 2.65. The van der Waals surface area contributed by atoms with E-state index in [1.165, 1.54) is 96.3 Å². The number of cyclic esters (lactones) is 1. The Labute approximate surface area is 617 Å². The Kier molecular flexibility index (Phi) is 23.0. The maximum atomic E-state index is 12.9. The van der Waals surface area contributed by atoms with Crippen molar-refractivity contribution >= 4 is 41.8 Å². The van der Waals surface area contributed by atoms with E-state index in [1.807, 2.05) is 76.2 Å². The highest BCUT2D eigenvalue weighted by atomic mass is 16.7. The number of carbonyl (C=O) groups excluding carboxylic acids is 7. The lowest BCUT2D eigenvalue weighted by Crippen LogP contribution is -2.63. The van der Waals surface area contributed by atoms with Crippen LogP contribution in [0.15, 0.2) is 0 Å². The summed E-state index contributed by atoms with van der Waals surface area (Å²) in [6, 6.07) is 0. The molecule has 18 nitrogen and oxygen atoms in total. The number of esters is 7. The molecule has 0 aromatic carbocycles. The standard InChI is InChI=1S/2C23H38O3.C16H26O3.C13H18O5.C10H16O4/c2*1-5-20(3,4)19(24)25-22-12-17-11-18(13-22)15-23(14-17,16-22)26-21(6-2)9-7-8-10-21;1-4-14(2,3)13(17)19-16-8-11-5-12(9-16)7-15(18,6-11)10-16;1-4-13(2,3)12(15)18-9-7-5-6-8(16-7)10(9)17-11(6)14;1-4-10(2,3)9(12)14-7-5-6-13-8(7)11/h2*17-18H,5-16H2,1-4H3;11-12,18H,4-10H2,1-3H3;6-10H,4-5H2,1-3H3;7H,4-6H2,1-3H3. The maximum Gasteiger partial charge on any atom is 0.347 e. The van der Waals surface area contributed by atoms with Crippen molar-refractivity contribution in [3.63, 3.8) is 0 Å². The zero-order valence-electron chi connectivity index (χ0n) is 66.8. The van der Waals surface area contributed by atoms with Crippen LogP contribution in [0.5, 0.6) is 0 Å². The molecule has 14 saturated carbocycles. The molecule has 0 amide bonds. The highest BCUT2D eigenvalue weighted by molar-refractivity contribution is 5.83. The maximum absolute atomic E-state index is 12.9. The number of carbonyl (C=O) groups is 7. The molecular weight excluding hydrogens is 1310 g/mol. The quantitative estimate of drug-likeness (QED) is 0.0831. The van der Waals surface area contributed by atoms with Crippen LogP contribution in [0.1, 0.15) is 342 Å². The lowest BCUT2D eigenvalue weighted by Gasteiger charge is -2.62. The van der Waals surface area contributed by atoms with Crippen molar-refractivity contribution in [1.29, 1.82) is 0 Å². The van der Waals surface area contributed by atoms with E-state index < -0.39 is 46.1 Å². The molecule has 584 valence electrons. The van der Waals surface area contributed by atoms with Gasteiger partial charge in [0.15, 0.2) is 12.2 Å². The molecule has 0 aromatic rings. The molecule has 4 saturated heterocycles. The fourth-order valence-electron chi connectivity index (χ4n) is 22.2. The first-order valence-electron chi connectivity index (χ1n) is 41.4. The Morgan fingerprint density at radius 1 is 0.427 bits per heavy atom. The van der Waals surface area contributed by atoms with Crippen LogP contribution in [0.2, 0.25) is 0 Å². The first kappa shape index (κ1) is 80.2. The van der Waals surface area contributed by atoms with Gasteiger partial charge in [-0.15, -0.1) is 0 Å². The van der Waals surface area contributed by atoms with Crippen LogP contribution in [0.25, 0.3) is 0 Å². The van der Waals surface area contributed by atoms with Crippen LogP contribution in [0.3, 0.4) is 0 Å². The summed E-state index contributed by atoms with van der Waals surface area (Å²) in [6.45, 7) is 34.3. The summed E-state index contributed by atoms with van der Waals surface area (Å²) in [7, 11) is 0. The van der Waals surface area contributed by atoms with Gasteiger partial charge in [0.25, 0.3) is 0 Å². The first-order chi connectivity index (χ1) is 48.1. The topological polar surface area (TPSA) is 232 Å². The second-order valence-corrected chi connectivity index (χ2v) is 39.7. The number of rotatable bonds is 21. The summed E-state index contributed by atoms with van der Waals surface area (Å²) in [5.41, 5.74) is -3.48. The lowest BCUT2D eigenvalue weighted by atomic mass is 9.52. The molecule has 12 atom stereocenters. The number of hydrogen-bond acceptors (Lipinski definition) is 18. The van der Waals surface area contributed by atoms with Gasteiger partial charge >= 0.3 is 41.8 Å². The molecule has 0 radical (unpaired) electrons. The molecule has 18 fully saturated rings. The summed E-state index contributed by atoms with van der Waals surface area (Å²) in [5.74, 6) is 2.43. The van der Waals surface area contributed by atoms with E-state index in [9.17, 15) is 38.7 Å². The molecule has 1 N–H and O–H groups in total. The van der Waals surface area contributed by atoms with Crippen molar-refractivity contribution in [2.45, 2.75) is 418 Å². The minimum absolute atomic E-state index is 0.00294. The summed E-state index contributed by atoms with van der Waals surface area (Å²) in [4.78, 5) is 84.3. The summed E-state index contributed by atoms with van der Waals surface area (Å²) < 4.78 is 59.0. The smallest absolute Gasteiger partial charge is 0.347 e. The van der Waals surface area contributed by atoms with Gasteiger partial charge in [-0.1, -0.05) is 74.1 Å². The fourth-order valence-corrected chi connectivity index (χ4v) is 22.2. The normalized spacial score (nSPS) is 38.9. The van der Waals surface area contributed by atoms with E-state index in [4.69, 9.17) is 47.4 Å². The van der Waals surface area contributed by atoms with Gasteiger partial charge < -0.3 is 52.5 Å². The minimum Gasteiger partial charge on any atom is -0.463 e. The third kappa shape index (κ3) is 16.8. The van der Waals surface area contributed by atoms with Crippen LogP contribution in [0.4, 0.5) is 0 Å². The number of aliphatic hydroxyl groups is 1. The average Bonchev–Trinajstić information content (AvgIpc) is 1.34. The number of hydrogen-bond donors (Lipinski definition) is 1. The van der Waals surface area contributed by atoms with Gasteiger partial charge in [0.1, 0.15) is 22.9 Å². The Hall–Kier alpha value is -3.87. The van der Waals surface area contributed by atoms with Crippen LogP contribution >= 0.6 is 0 Å². The Morgan fingerprint density at radius 2 is 0.767 bits per heavy atom. The monoisotopic (exact) mass is 1440 g/mol. The summed E-state index contributed by atoms with van der Waals surface area (Å²) >= 11 is 0. The molecule has 14 bridgehead atoms. The lowest BCUT2D eigenvalue weighted by molar-refractivity contribution is -0.268. The van der Waals surface area contributed by atoms with Crippen LogP contribution in [-0.4, -0.2) is 129 Å². The molecule has 0 spiro atoms. The summed E-state index contributed by atoms with van der Waals surface area (Å²) in [6.07, 6.45) is 34.7. The molecule has 18 aliphatic rings. The van der Waals surface area contributed by atoms with Gasteiger partial charge in [-0.05, 0) is 278 Å². The van der Waals surface area contributed by atoms with Crippen molar-refractivity contribution < 1.29 is 86.0 Å². The van der Waals surface area contributed by atoms with Crippen molar-refractivity contribution in [3.8, 4) is 0 Å². The van der Waals surface area contributed by atoms with Crippen molar-refractivity contribution in [3.05, 3.63) is 0 Å². The molecular formula is C85H136O18. The SMILES string of the molecule is CCC(C)(C)C(=O)OC12CC3CC(CC(O)(C3)C1)C2.CCC(C)(C)C(=O)OC1C2CC3C(=O)OC1C3O2.CCC(C)(C)C(=O)OC1CCOC1=O.CCC1(OC23CC4CC(CC(OC(=O)C(C)(C)CC)(C4)C2)C3)CCCC1.CCC1(OC23CC4CC(CC(OC(=O)C(C)(C)CC)(C4)C2)C3)CCCC1. The van der Waals surface area contributed by atoms with E-state index in [0.717, 1.165) is 96.3 Å². The van der Waals surface area contributed by atoms with Gasteiger partial charge in [-0.3, -0.25) is 28.8 Å². The minimum atomic E-state index is -0.687. The molecule has 0 aromatic heterocycles. The molecule has 4 aliphatic heterocycles. The van der Waals surface area contributed by atoms with Crippen molar-refractivity contribution in [2.75, 3.05) is 6.61 Å². The van der Waals surface area contributed by atoms with Crippen molar-refractivity contribution in [2.24, 2.45) is 68.5 Å². The van der Waals surface area contributed by atoms with E-state index in [1.54, 1.807) is 13.8 Å². The molecule has 4 heterocycles. The Bertz CT molecular complexity index is 2940. The van der Waals surface area contributed by atoms with Crippen LogP contribution < -0.4 is 0 Å². The van der Waals surface area contributed by atoms with Gasteiger partial charge in [0.2, 0.25) is 6.10 Å². The summed E-state index contributed by atoms with van der Waals surface area (Å²) in [5, 5.41) is 10.6. The van der Waals surface area contributed by atoms with Gasteiger partial charge in [0.05, 0.1) is 73.7 Å². The van der Waals surface area contributed by atoms with Gasteiger partial charge in [-0.2, -0.15) is 0 Å². The van der Waals surface area contributed by atoms with Crippen LogP contribution in [-0.2, 0) is 80.9 Å². The molecule has 18 heteroatoms. The second-order valence-electron chi connectivity index (χ2n) is 39.7.